The van der Waals surface area contributed by atoms with Crippen molar-refractivity contribution in [3.63, 3.8) is 0 Å². The number of hydrogen-bond acceptors (Lipinski definition) is 6. The molecule has 0 bridgehead atoms. The van der Waals surface area contributed by atoms with Crippen LogP contribution in [-0.2, 0) is 6.54 Å². The van der Waals surface area contributed by atoms with Gasteiger partial charge in [-0.2, -0.15) is 9.97 Å². The number of aromatic nitrogens is 3. The van der Waals surface area contributed by atoms with Gasteiger partial charge >= 0.3 is 0 Å². The summed E-state index contributed by atoms with van der Waals surface area (Å²) in [5, 5.41) is 0. The second kappa shape index (κ2) is 5.99. The summed E-state index contributed by atoms with van der Waals surface area (Å²) in [6, 6.07) is 5.55. The Labute approximate surface area is 112 Å². The average Bonchev–Trinajstić information content (AvgIpc) is 2.47. The van der Waals surface area contributed by atoms with Crippen LogP contribution >= 0.6 is 0 Å². The average molecular weight is 260 g/mol. The van der Waals surface area contributed by atoms with Gasteiger partial charge in [-0.25, -0.2) is 0 Å². The molecule has 0 spiro atoms. The molecule has 2 heterocycles. The first kappa shape index (κ1) is 13.1. The maximum absolute atomic E-state index is 5.13. The van der Waals surface area contributed by atoms with E-state index in [1.54, 1.807) is 32.7 Å². The van der Waals surface area contributed by atoms with Gasteiger partial charge in [0.05, 0.1) is 20.3 Å². The minimum absolute atomic E-state index is 0.475. The molecule has 0 amide bonds. The number of ether oxygens (including phenoxy) is 2. The summed E-state index contributed by atoms with van der Waals surface area (Å²) in [6.07, 6.45) is 3.52. The third-order valence-corrected chi connectivity index (χ3v) is 2.60. The maximum Gasteiger partial charge on any atom is 0.232 e. The molecule has 0 saturated carbocycles. The fourth-order valence-corrected chi connectivity index (χ4v) is 1.60. The Kier molecular flexibility index (Phi) is 4.12. The van der Waals surface area contributed by atoms with Gasteiger partial charge in [0, 0.05) is 26.0 Å². The molecule has 0 unspecified atom stereocenters. The number of nitrogens with zero attached hydrogens (tertiary/aromatic N) is 4. The summed E-state index contributed by atoms with van der Waals surface area (Å²) in [6.45, 7) is 0.679. The molecule has 0 N–H and O–H groups in total. The van der Waals surface area contributed by atoms with Crippen molar-refractivity contribution in [3.05, 3.63) is 36.2 Å². The van der Waals surface area contributed by atoms with E-state index in [0.717, 1.165) is 5.56 Å². The van der Waals surface area contributed by atoms with E-state index in [9.17, 15) is 0 Å². The zero-order valence-corrected chi connectivity index (χ0v) is 11.2. The van der Waals surface area contributed by atoms with Gasteiger partial charge in [0.1, 0.15) is 0 Å². The monoisotopic (exact) mass is 260 g/mol. The van der Waals surface area contributed by atoms with Crippen LogP contribution in [0, 0.1) is 0 Å². The van der Waals surface area contributed by atoms with Crippen molar-refractivity contribution in [2.24, 2.45) is 0 Å². The molecule has 19 heavy (non-hydrogen) atoms. The van der Waals surface area contributed by atoms with Crippen LogP contribution in [0.4, 0.5) is 5.95 Å². The molecule has 2 aromatic rings. The third kappa shape index (κ3) is 3.31. The summed E-state index contributed by atoms with van der Waals surface area (Å²) in [5.74, 6) is 1.50. The quantitative estimate of drug-likeness (QED) is 0.812. The third-order valence-electron chi connectivity index (χ3n) is 2.60. The Bertz CT molecular complexity index is 511. The minimum Gasteiger partial charge on any atom is -0.481 e. The molecule has 0 radical (unpaired) electrons. The van der Waals surface area contributed by atoms with Crippen LogP contribution < -0.4 is 14.4 Å². The molecule has 100 valence electrons. The van der Waals surface area contributed by atoms with Crippen molar-refractivity contribution < 1.29 is 9.47 Å². The van der Waals surface area contributed by atoms with Crippen LogP contribution in [-0.4, -0.2) is 36.2 Å². The van der Waals surface area contributed by atoms with Crippen LogP contribution in [0.3, 0.4) is 0 Å². The predicted octanol–water partition coefficient (Wildman–Crippen LogP) is 1.53. The second-order valence-corrected chi connectivity index (χ2v) is 3.96. The Morgan fingerprint density at radius 1 is 1.05 bits per heavy atom. The smallest absolute Gasteiger partial charge is 0.232 e. The lowest BCUT2D eigenvalue weighted by Gasteiger charge is -2.18. The van der Waals surface area contributed by atoms with Crippen LogP contribution in [0.25, 0.3) is 0 Å². The molecule has 6 nitrogen and oxygen atoms in total. The number of hydrogen-bond donors (Lipinski definition) is 0. The lowest BCUT2D eigenvalue weighted by atomic mass is 10.2. The molecule has 0 aromatic carbocycles. The normalized spacial score (nSPS) is 10.1. The second-order valence-electron chi connectivity index (χ2n) is 3.96. The zero-order chi connectivity index (χ0) is 13.7. The summed E-state index contributed by atoms with van der Waals surface area (Å²) in [4.78, 5) is 14.5. The molecule has 0 fully saturated rings. The summed E-state index contributed by atoms with van der Waals surface area (Å²) < 4.78 is 10.3. The number of rotatable bonds is 5. The molecule has 0 aliphatic heterocycles. The first-order valence-electron chi connectivity index (χ1n) is 5.80. The number of anilines is 1. The Hall–Kier alpha value is -2.37. The van der Waals surface area contributed by atoms with Crippen molar-refractivity contribution in [2.45, 2.75) is 6.54 Å². The highest BCUT2D eigenvalue weighted by molar-refractivity contribution is 5.36. The van der Waals surface area contributed by atoms with Gasteiger partial charge in [-0.15, -0.1) is 0 Å². The van der Waals surface area contributed by atoms with Crippen LogP contribution in [0.5, 0.6) is 11.8 Å². The first-order valence-corrected chi connectivity index (χ1v) is 5.80. The zero-order valence-electron chi connectivity index (χ0n) is 11.2. The fraction of sp³-hybridized carbons (Fsp3) is 0.308. The van der Waals surface area contributed by atoms with Crippen LogP contribution in [0.15, 0.2) is 30.6 Å². The van der Waals surface area contributed by atoms with E-state index in [0.29, 0.717) is 24.3 Å². The fourth-order valence-electron chi connectivity index (χ4n) is 1.60. The number of methoxy groups -OCH3 is 2. The van der Waals surface area contributed by atoms with Crippen molar-refractivity contribution in [3.8, 4) is 11.8 Å². The van der Waals surface area contributed by atoms with E-state index in [4.69, 9.17) is 9.47 Å². The van der Waals surface area contributed by atoms with Crippen molar-refractivity contribution in [1.82, 2.24) is 15.0 Å². The largest absolute Gasteiger partial charge is 0.481 e. The van der Waals surface area contributed by atoms with Gasteiger partial charge in [-0.05, 0) is 17.7 Å². The van der Waals surface area contributed by atoms with Crippen molar-refractivity contribution in [2.75, 3.05) is 26.2 Å². The standard InChI is InChI=1S/C13H16N4O2/c1-17(9-10-4-6-14-7-5-10)13-15-11(18-2)8-12(16-13)19-3/h4-8H,9H2,1-3H3. The Balaban J connectivity index is 2.20. The van der Waals surface area contributed by atoms with Gasteiger partial charge in [0.15, 0.2) is 0 Å². The highest BCUT2D eigenvalue weighted by Gasteiger charge is 2.10. The minimum atomic E-state index is 0.475. The van der Waals surface area contributed by atoms with Gasteiger partial charge in [-0.1, -0.05) is 0 Å². The molecule has 0 aliphatic carbocycles. The Morgan fingerprint density at radius 3 is 2.16 bits per heavy atom. The van der Waals surface area contributed by atoms with Gasteiger partial charge < -0.3 is 14.4 Å². The molecule has 0 saturated heterocycles. The van der Waals surface area contributed by atoms with Crippen molar-refractivity contribution >= 4 is 5.95 Å². The van der Waals surface area contributed by atoms with Crippen LogP contribution in [0.1, 0.15) is 5.56 Å². The number of pyridine rings is 1. The van der Waals surface area contributed by atoms with E-state index < -0.39 is 0 Å². The Morgan fingerprint density at radius 2 is 1.63 bits per heavy atom. The summed E-state index contributed by atoms with van der Waals surface area (Å²) in [5.41, 5.74) is 1.13. The SMILES string of the molecule is COc1cc(OC)nc(N(C)Cc2ccncc2)n1. The van der Waals surface area contributed by atoms with E-state index >= 15 is 0 Å². The lowest BCUT2D eigenvalue weighted by Crippen LogP contribution is -2.19. The first-order chi connectivity index (χ1) is 9.22. The highest BCUT2D eigenvalue weighted by Crippen LogP contribution is 2.20. The van der Waals surface area contributed by atoms with Crippen molar-refractivity contribution in [1.29, 1.82) is 0 Å². The predicted molar refractivity (Wildman–Crippen MR) is 71.5 cm³/mol. The van der Waals surface area contributed by atoms with Gasteiger partial charge in [-0.3, -0.25) is 4.98 Å². The molecule has 2 rings (SSSR count). The maximum atomic E-state index is 5.13. The van der Waals surface area contributed by atoms with Crippen LogP contribution in [0.2, 0.25) is 0 Å². The summed E-state index contributed by atoms with van der Waals surface area (Å²) in [7, 11) is 5.04. The van der Waals surface area contributed by atoms with E-state index in [1.165, 1.54) is 0 Å². The molecule has 6 heteroatoms. The lowest BCUT2D eigenvalue weighted by molar-refractivity contribution is 0.372. The topological polar surface area (TPSA) is 60.4 Å². The molecule has 2 aromatic heterocycles. The molecule has 0 aliphatic rings. The molecular formula is C13H16N4O2. The van der Waals surface area contributed by atoms with E-state index in [-0.39, 0.29) is 0 Å². The highest BCUT2D eigenvalue weighted by atomic mass is 16.5. The van der Waals surface area contributed by atoms with E-state index in [1.807, 2.05) is 24.1 Å². The molecular weight excluding hydrogens is 244 g/mol. The molecule has 0 atom stereocenters. The van der Waals surface area contributed by atoms with Gasteiger partial charge in [0.2, 0.25) is 17.7 Å². The summed E-state index contributed by atoms with van der Waals surface area (Å²) >= 11 is 0. The van der Waals surface area contributed by atoms with Gasteiger partial charge in [0.25, 0.3) is 0 Å². The van der Waals surface area contributed by atoms with E-state index in [2.05, 4.69) is 15.0 Å².